The van der Waals surface area contributed by atoms with Crippen molar-refractivity contribution in [2.45, 2.75) is 25.9 Å². The molecule has 0 bridgehead atoms. The summed E-state index contributed by atoms with van der Waals surface area (Å²) in [6.45, 7) is 4.21. The normalized spacial score (nSPS) is 18.3. The van der Waals surface area contributed by atoms with Gasteiger partial charge in [-0.15, -0.1) is 0 Å². The number of likely N-dealkylation sites (tertiary alicyclic amines) is 1. The quantitative estimate of drug-likeness (QED) is 0.718. The fourth-order valence-electron chi connectivity index (χ4n) is 3.46. The summed E-state index contributed by atoms with van der Waals surface area (Å²) in [5, 5.41) is 0. The lowest BCUT2D eigenvalue weighted by atomic mass is 9.97. The first-order chi connectivity index (χ1) is 12.4. The van der Waals surface area contributed by atoms with Crippen molar-refractivity contribution in [1.29, 1.82) is 0 Å². The van der Waals surface area contributed by atoms with E-state index < -0.39 is 0 Å². The van der Waals surface area contributed by atoms with Gasteiger partial charge in [-0.05, 0) is 37.4 Å². The van der Waals surface area contributed by atoms with Gasteiger partial charge in [0, 0.05) is 56.2 Å². The van der Waals surface area contributed by atoms with E-state index in [4.69, 9.17) is 0 Å². The van der Waals surface area contributed by atoms with E-state index in [0.717, 1.165) is 37.4 Å². The molecule has 0 aliphatic carbocycles. The predicted octanol–water partition coefficient (Wildman–Crippen LogP) is 2.65. The van der Waals surface area contributed by atoms with Gasteiger partial charge in [-0.2, -0.15) is 0 Å². The highest BCUT2D eigenvalue weighted by Crippen LogP contribution is 2.20. The zero-order valence-corrected chi connectivity index (χ0v) is 14.2. The van der Waals surface area contributed by atoms with E-state index in [1.165, 1.54) is 12.8 Å². The predicted molar refractivity (Wildman–Crippen MR) is 95.5 cm³/mol. The minimum Gasteiger partial charge on any atom is -0.337 e. The SMILES string of the molecule is c1ccc(-c2ncc(CN3CCC[C@H](Cn4ccnc4)C3)cn2)nc1. The number of imidazole rings is 1. The second kappa shape index (κ2) is 7.53. The summed E-state index contributed by atoms with van der Waals surface area (Å²) < 4.78 is 2.18. The van der Waals surface area contributed by atoms with Crippen molar-refractivity contribution in [2.24, 2.45) is 5.92 Å². The molecule has 1 fully saturated rings. The van der Waals surface area contributed by atoms with Gasteiger partial charge in [0.1, 0.15) is 5.69 Å². The molecule has 4 rings (SSSR count). The molecule has 3 aromatic rings. The van der Waals surface area contributed by atoms with Gasteiger partial charge in [-0.3, -0.25) is 9.88 Å². The Bertz CT molecular complexity index is 769. The van der Waals surface area contributed by atoms with E-state index >= 15 is 0 Å². The van der Waals surface area contributed by atoms with Crippen LogP contribution in [0.3, 0.4) is 0 Å². The lowest BCUT2D eigenvalue weighted by Crippen LogP contribution is -2.36. The number of hydrogen-bond acceptors (Lipinski definition) is 5. The number of pyridine rings is 1. The monoisotopic (exact) mass is 334 g/mol. The van der Waals surface area contributed by atoms with E-state index in [2.05, 4.69) is 29.4 Å². The lowest BCUT2D eigenvalue weighted by Gasteiger charge is -2.32. The highest BCUT2D eigenvalue weighted by atomic mass is 15.1. The van der Waals surface area contributed by atoms with Crippen LogP contribution >= 0.6 is 0 Å². The van der Waals surface area contributed by atoms with Gasteiger partial charge in [-0.25, -0.2) is 15.0 Å². The summed E-state index contributed by atoms with van der Waals surface area (Å²) in [6, 6.07) is 5.78. The fraction of sp³-hybridized carbons (Fsp3) is 0.368. The molecule has 3 aromatic heterocycles. The van der Waals surface area contributed by atoms with Crippen LogP contribution in [0.25, 0.3) is 11.5 Å². The lowest BCUT2D eigenvalue weighted by molar-refractivity contribution is 0.155. The van der Waals surface area contributed by atoms with Crippen LogP contribution in [0.5, 0.6) is 0 Å². The van der Waals surface area contributed by atoms with Crippen molar-refractivity contribution in [3.8, 4) is 11.5 Å². The molecule has 0 saturated carbocycles. The Hall–Kier alpha value is -2.60. The molecule has 0 radical (unpaired) electrons. The fourth-order valence-corrected chi connectivity index (χ4v) is 3.46. The Kier molecular flexibility index (Phi) is 4.79. The van der Waals surface area contributed by atoms with Crippen LogP contribution in [0.15, 0.2) is 55.5 Å². The topological polar surface area (TPSA) is 59.7 Å². The molecular weight excluding hydrogens is 312 g/mol. The Labute approximate surface area is 147 Å². The highest BCUT2D eigenvalue weighted by Gasteiger charge is 2.20. The third-order valence-electron chi connectivity index (χ3n) is 4.64. The van der Waals surface area contributed by atoms with Crippen molar-refractivity contribution >= 4 is 0 Å². The third kappa shape index (κ3) is 4.09. The molecule has 25 heavy (non-hydrogen) atoms. The average Bonchev–Trinajstić information content (AvgIpc) is 3.16. The van der Waals surface area contributed by atoms with Crippen LogP contribution in [0, 0.1) is 5.92 Å². The summed E-state index contributed by atoms with van der Waals surface area (Å²) in [5.41, 5.74) is 1.97. The van der Waals surface area contributed by atoms with Gasteiger partial charge in [0.2, 0.25) is 0 Å². The molecule has 4 heterocycles. The first kappa shape index (κ1) is 15.9. The molecule has 1 aliphatic rings. The first-order valence-electron chi connectivity index (χ1n) is 8.77. The van der Waals surface area contributed by atoms with Gasteiger partial charge in [0.25, 0.3) is 0 Å². The number of nitrogens with zero attached hydrogens (tertiary/aromatic N) is 6. The van der Waals surface area contributed by atoms with Crippen LogP contribution in [0.1, 0.15) is 18.4 Å². The Morgan fingerprint density at radius 1 is 1.08 bits per heavy atom. The Balaban J connectivity index is 1.36. The van der Waals surface area contributed by atoms with Crippen molar-refractivity contribution < 1.29 is 0 Å². The van der Waals surface area contributed by atoms with Crippen molar-refractivity contribution in [2.75, 3.05) is 13.1 Å². The maximum atomic E-state index is 4.48. The summed E-state index contributed by atoms with van der Waals surface area (Å²) in [5.74, 6) is 1.36. The molecule has 0 amide bonds. The second-order valence-electron chi connectivity index (χ2n) is 6.63. The Morgan fingerprint density at radius 2 is 2.00 bits per heavy atom. The van der Waals surface area contributed by atoms with E-state index in [1.807, 2.05) is 49.3 Å². The molecule has 0 N–H and O–H groups in total. The van der Waals surface area contributed by atoms with E-state index in [1.54, 1.807) is 6.20 Å². The molecule has 6 heteroatoms. The average molecular weight is 334 g/mol. The summed E-state index contributed by atoms with van der Waals surface area (Å²) >= 11 is 0. The molecular formula is C19H22N6. The first-order valence-corrected chi connectivity index (χ1v) is 8.77. The maximum Gasteiger partial charge on any atom is 0.178 e. The minimum absolute atomic E-state index is 0.677. The van der Waals surface area contributed by atoms with Gasteiger partial charge in [0.15, 0.2) is 5.82 Å². The van der Waals surface area contributed by atoms with Crippen LogP contribution < -0.4 is 0 Å². The Morgan fingerprint density at radius 3 is 2.76 bits per heavy atom. The van der Waals surface area contributed by atoms with Gasteiger partial charge in [-0.1, -0.05) is 6.07 Å². The van der Waals surface area contributed by atoms with E-state index in [0.29, 0.717) is 11.7 Å². The standard InChI is InChI=1S/C19H22N6/c1-2-6-21-18(5-1)19-22-10-17(11-23-19)14-24-8-3-4-16(12-24)13-25-9-7-20-15-25/h1-2,5-7,9-11,15-16H,3-4,8,12-14H2/t16-/m0/s1. The third-order valence-corrected chi connectivity index (χ3v) is 4.64. The zero-order valence-electron chi connectivity index (χ0n) is 14.2. The van der Waals surface area contributed by atoms with E-state index in [9.17, 15) is 0 Å². The van der Waals surface area contributed by atoms with Crippen molar-refractivity contribution in [3.63, 3.8) is 0 Å². The molecule has 0 unspecified atom stereocenters. The molecule has 0 aromatic carbocycles. The zero-order chi connectivity index (χ0) is 16.9. The number of hydrogen-bond donors (Lipinski definition) is 0. The summed E-state index contributed by atoms with van der Waals surface area (Å²) in [6.07, 6.45) is 13.9. The van der Waals surface area contributed by atoms with Gasteiger partial charge < -0.3 is 4.57 Å². The molecule has 1 saturated heterocycles. The van der Waals surface area contributed by atoms with Gasteiger partial charge in [0.05, 0.1) is 6.33 Å². The van der Waals surface area contributed by atoms with Crippen molar-refractivity contribution in [3.05, 3.63) is 61.1 Å². The van der Waals surface area contributed by atoms with Crippen LogP contribution in [0.4, 0.5) is 0 Å². The minimum atomic E-state index is 0.677. The van der Waals surface area contributed by atoms with Crippen LogP contribution in [-0.4, -0.2) is 42.5 Å². The highest BCUT2D eigenvalue weighted by molar-refractivity contribution is 5.47. The molecule has 0 spiro atoms. The second-order valence-corrected chi connectivity index (χ2v) is 6.63. The molecule has 1 atom stereocenters. The number of rotatable bonds is 5. The number of piperidine rings is 1. The largest absolute Gasteiger partial charge is 0.337 e. The molecule has 6 nitrogen and oxygen atoms in total. The summed E-state index contributed by atoms with van der Waals surface area (Å²) in [4.78, 5) is 19.9. The van der Waals surface area contributed by atoms with E-state index in [-0.39, 0.29) is 0 Å². The maximum absolute atomic E-state index is 4.48. The van der Waals surface area contributed by atoms with Crippen LogP contribution in [0.2, 0.25) is 0 Å². The smallest absolute Gasteiger partial charge is 0.178 e. The number of aromatic nitrogens is 5. The summed E-state index contributed by atoms with van der Waals surface area (Å²) in [7, 11) is 0. The van der Waals surface area contributed by atoms with Crippen LogP contribution in [-0.2, 0) is 13.1 Å². The van der Waals surface area contributed by atoms with Crippen molar-refractivity contribution in [1.82, 2.24) is 29.4 Å². The molecule has 128 valence electrons. The molecule has 1 aliphatic heterocycles. The van der Waals surface area contributed by atoms with Gasteiger partial charge >= 0.3 is 0 Å².